The smallest absolute Gasteiger partial charge is 0.261 e. The monoisotopic (exact) mass is 498 g/mol. The van der Waals surface area contributed by atoms with Gasteiger partial charge >= 0.3 is 0 Å². The van der Waals surface area contributed by atoms with Crippen molar-refractivity contribution in [2.24, 2.45) is 0 Å². The molecule has 6 heteroatoms. The summed E-state index contributed by atoms with van der Waals surface area (Å²) in [5.74, 6) is -0.318. The highest BCUT2D eigenvalue weighted by Crippen LogP contribution is 2.25. The van der Waals surface area contributed by atoms with Crippen LogP contribution < -0.4 is 10.1 Å². The maximum Gasteiger partial charge on any atom is 0.261 e. The van der Waals surface area contributed by atoms with Crippen LogP contribution in [-0.4, -0.2) is 35.9 Å². The van der Waals surface area contributed by atoms with Crippen LogP contribution in [0.15, 0.2) is 97.1 Å². The third kappa shape index (κ3) is 6.94. The molecule has 4 aromatic rings. The Morgan fingerprint density at radius 3 is 2.32 bits per heavy atom. The summed E-state index contributed by atoms with van der Waals surface area (Å²) in [7, 11) is 0. The first-order valence-corrected chi connectivity index (χ1v) is 12.5. The molecule has 0 fully saturated rings. The number of carbonyl (C=O) groups is 2. The van der Waals surface area contributed by atoms with Crippen LogP contribution in [0.4, 0.5) is 4.39 Å². The SMILES string of the molecule is CCCNC(=O)[C@@H](Cc1ccccc1)N(Cc1ccc(F)cc1)C(=O)COc1cccc2ccccc12. The maximum atomic E-state index is 13.7. The first kappa shape index (κ1) is 25.9. The van der Waals surface area contributed by atoms with Gasteiger partial charge in [-0.15, -0.1) is 0 Å². The Morgan fingerprint density at radius 2 is 1.57 bits per heavy atom. The molecule has 0 aromatic heterocycles. The van der Waals surface area contributed by atoms with Gasteiger partial charge in [0.05, 0.1) is 0 Å². The minimum Gasteiger partial charge on any atom is -0.483 e. The van der Waals surface area contributed by atoms with Crippen molar-refractivity contribution in [3.05, 3.63) is 114 Å². The highest BCUT2D eigenvalue weighted by molar-refractivity contribution is 5.90. The van der Waals surface area contributed by atoms with E-state index in [9.17, 15) is 14.0 Å². The molecular formula is C31H31FN2O3. The van der Waals surface area contributed by atoms with Gasteiger partial charge in [0, 0.05) is 24.9 Å². The minimum atomic E-state index is -0.761. The van der Waals surface area contributed by atoms with E-state index in [1.54, 1.807) is 12.1 Å². The van der Waals surface area contributed by atoms with E-state index >= 15 is 0 Å². The molecule has 0 unspecified atom stereocenters. The van der Waals surface area contributed by atoms with Crippen LogP contribution in [-0.2, 0) is 22.6 Å². The molecule has 1 N–H and O–H groups in total. The number of nitrogens with one attached hydrogen (secondary N) is 1. The second kappa shape index (κ2) is 12.7. The highest BCUT2D eigenvalue weighted by Gasteiger charge is 2.30. The zero-order valence-corrected chi connectivity index (χ0v) is 20.9. The molecule has 0 aliphatic carbocycles. The summed E-state index contributed by atoms with van der Waals surface area (Å²) in [4.78, 5) is 28.6. The molecule has 0 aliphatic rings. The topological polar surface area (TPSA) is 58.6 Å². The van der Waals surface area contributed by atoms with E-state index in [1.165, 1.54) is 17.0 Å². The predicted octanol–water partition coefficient (Wildman–Crippen LogP) is 5.52. The van der Waals surface area contributed by atoms with Crippen LogP contribution in [0.2, 0.25) is 0 Å². The summed E-state index contributed by atoms with van der Waals surface area (Å²) < 4.78 is 19.6. The Labute approximate surface area is 216 Å². The van der Waals surface area contributed by atoms with Gasteiger partial charge in [-0.2, -0.15) is 0 Å². The van der Waals surface area contributed by atoms with Crippen molar-refractivity contribution >= 4 is 22.6 Å². The minimum absolute atomic E-state index is 0.148. The lowest BCUT2D eigenvalue weighted by atomic mass is 10.0. The molecule has 0 saturated heterocycles. The predicted molar refractivity (Wildman–Crippen MR) is 144 cm³/mol. The Balaban J connectivity index is 1.62. The van der Waals surface area contributed by atoms with E-state index in [2.05, 4.69) is 5.32 Å². The Morgan fingerprint density at radius 1 is 0.865 bits per heavy atom. The molecule has 0 spiro atoms. The summed E-state index contributed by atoms with van der Waals surface area (Å²) in [6.07, 6.45) is 1.12. The van der Waals surface area contributed by atoms with Crippen molar-refractivity contribution in [1.29, 1.82) is 0 Å². The lowest BCUT2D eigenvalue weighted by Gasteiger charge is -2.31. The van der Waals surface area contributed by atoms with Gasteiger partial charge in [-0.3, -0.25) is 9.59 Å². The Hall–Kier alpha value is -4.19. The van der Waals surface area contributed by atoms with Gasteiger partial charge in [-0.1, -0.05) is 85.8 Å². The molecule has 0 bridgehead atoms. The van der Waals surface area contributed by atoms with Crippen molar-refractivity contribution in [3.63, 3.8) is 0 Å². The second-order valence-electron chi connectivity index (χ2n) is 8.91. The molecule has 0 saturated carbocycles. The van der Waals surface area contributed by atoms with E-state index in [4.69, 9.17) is 4.74 Å². The largest absolute Gasteiger partial charge is 0.483 e. The average Bonchev–Trinajstić information content (AvgIpc) is 2.93. The summed E-state index contributed by atoms with van der Waals surface area (Å²) in [6, 6.07) is 28.3. The highest BCUT2D eigenvalue weighted by atomic mass is 19.1. The fraction of sp³-hybridized carbons (Fsp3) is 0.226. The van der Waals surface area contributed by atoms with Crippen LogP contribution in [0.1, 0.15) is 24.5 Å². The van der Waals surface area contributed by atoms with Crippen molar-refractivity contribution in [2.75, 3.05) is 13.2 Å². The number of hydrogen-bond donors (Lipinski definition) is 1. The molecule has 37 heavy (non-hydrogen) atoms. The van der Waals surface area contributed by atoms with Crippen molar-refractivity contribution in [1.82, 2.24) is 10.2 Å². The van der Waals surface area contributed by atoms with Crippen LogP contribution >= 0.6 is 0 Å². The van der Waals surface area contributed by atoms with Crippen molar-refractivity contribution in [3.8, 4) is 5.75 Å². The van der Waals surface area contributed by atoms with Crippen LogP contribution in [0, 0.1) is 5.82 Å². The van der Waals surface area contributed by atoms with Crippen LogP contribution in [0.3, 0.4) is 0 Å². The molecule has 2 amide bonds. The third-order valence-electron chi connectivity index (χ3n) is 6.19. The molecule has 0 radical (unpaired) electrons. The van der Waals surface area contributed by atoms with E-state index in [0.717, 1.165) is 28.3 Å². The molecule has 4 rings (SSSR count). The average molecular weight is 499 g/mol. The number of nitrogens with zero attached hydrogens (tertiary/aromatic N) is 1. The lowest BCUT2D eigenvalue weighted by molar-refractivity contribution is -0.142. The molecule has 190 valence electrons. The number of ether oxygens (including phenoxy) is 1. The van der Waals surface area contributed by atoms with Gasteiger partial charge in [-0.25, -0.2) is 4.39 Å². The Kier molecular flexibility index (Phi) is 8.87. The van der Waals surface area contributed by atoms with Gasteiger partial charge in [0.25, 0.3) is 5.91 Å². The number of carbonyl (C=O) groups excluding carboxylic acids is 2. The number of benzene rings is 4. The van der Waals surface area contributed by atoms with Gasteiger partial charge in [-0.05, 0) is 41.1 Å². The Bertz CT molecular complexity index is 1320. The first-order chi connectivity index (χ1) is 18.0. The van der Waals surface area contributed by atoms with Gasteiger partial charge in [0.2, 0.25) is 5.91 Å². The number of halogens is 1. The summed E-state index contributed by atoms with van der Waals surface area (Å²) in [6.45, 7) is 2.40. The van der Waals surface area contributed by atoms with E-state index in [-0.39, 0.29) is 30.8 Å². The zero-order chi connectivity index (χ0) is 26.0. The maximum absolute atomic E-state index is 13.7. The van der Waals surface area contributed by atoms with E-state index in [1.807, 2.05) is 79.7 Å². The van der Waals surface area contributed by atoms with Crippen molar-refractivity contribution in [2.45, 2.75) is 32.4 Å². The van der Waals surface area contributed by atoms with Gasteiger partial charge in [0.15, 0.2) is 6.61 Å². The normalized spacial score (nSPS) is 11.6. The zero-order valence-electron chi connectivity index (χ0n) is 20.9. The first-order valence-electron chi connectivity index (χ1n) is 12.5. The fourth-order valence-electron chi connectivity index (χ4n) is 4.25. The number of amides is 2. The number of fused-ring (bicyclic) bond motifs is 1. The van der Waals surface area contributed by atoms with Gasteiger partial charge < -0.3 is 15.0 Å². The summed E-state index contributed by atoms with van der Waals surface area (Å²) in [5, 5.41) is 4.86. The molecule has 1 atom stereocenters. The lowest BCUT2D eigenvalue weighted by Crippen LogP contribution is -2.51. The molecular weight excluding hydrogens is 467 g/mol. The van der Waals surface area contributed by atoms with E-state index in [0.29, 0.717) is 18.7 Å². The summed E-state index contributed by atoms with van der Waals surface area (Å²) >= 11 is 0. The standard InChI is InChI=1S/C31H31FN2O3/c1-2-19-33-31(36)28(20-23-9-4-3-5-10-23)34(21-24-15-17-26(32)18-16-24)30(35)22-37-29-14-8-12-25-11-6-7-13-27(25)29/h3-18,28H,2,19-22H2,1H3,(H,33,36)/t28-/m1/s1. The number of hydrogen-bond acceptors (Lipinski definition) is 3. The van der Waals surface area contributed by atoms with Crippen LogP contribution in [0.5, 0.6) is 5.75 Å². The van der Waals surface area contributed by atoms with E-state index < -0.39 is 6.04 Å². The van der Waals surface area contributed by atoms with Gasteiger partial charge in [0.1, 0.15) is 17.6 Å². The molecule has 0 heterocycles. The summed E-state index contributed by atoms with van der Waals surface area (Å²) in [5.41, 5.74) is 1.66. The molecule has 4 aromatic carbocycles. The third-order valence-corrected chi connectivity index (χ3v) is 6.19. The quantitative estimate of drug-likeness (QED) is 0.296. The number of rotatable bonds is 11. The molecule has 5 nitrogen and oxygen atoms in total. The van der Waals surface area contributed by atoms with Crippen LogP contribution in [0.25, 0.3) is 10.8 Å². The fourth-order valence-corrected chi connectivity index (χ4v) is 4.25. The second-order valence-corrected chi connectivity index (χ2v) is 8.91. The molecule has 0 aliphatic heterocycles. The van der Waals surface area contributed by atoms with Crippen molar-refractivity contribution < 1.29 is 18.7 Å².